The Bertz CT molecular complexity index is 1090. The van der Waals surface area contributed by atoms with E-state index in [1.54, 1.807) is 11.0 Å². The summed E-state index contributed by atoms with van der Waals surface area (Å²) in [5.74, 6) is -1.27. The van der Waals surface area contributed by atoms with Crippen molar-refractivity contribution in [2.45, 2.75) is 51.4 Å². The minimum atomic E-state index is -0.672. The van der Waals surface area contributed by atoms with Crippen molar-refractivity contribution in [3.63, 3.8) is 0 Å². The maximum atomic E-state index is 14.4. The van der Waals surface area contributed by atoms with E-state index in [9.17, 15) is 18.4 Å². The van der Waals surface area contributed by atoms with Crippen molar-refractivity contribution in [1.82, 2.24) is 20.4 Å². The molecule has 2 atom stereocenters. The van der Waals surface area contributed by atoms with Crippen LogP contribution in [0.5, 0.6) is 0 Å². The molecule has 1 aromatic heterocycles. The quantitative estimate of drug-likeness (QED) is 0.665. The summed E-state index contributed by atoms with van der Waals surface area (Å²) in [6.07, 6.45) is 1.91. The summed E-state index contributed by atoms with van der Waals surface area (Å²) in [5.41, 5.74) is 6.25. The minimum absolute atomic E-state index is 0.0775. The number of primary amides is 1. The van der Waals surface area contributed by atoms with Gasteiger partial charge in [0.25, 0.3) is 0 Å². The van der Waals surface area contributed by atoms with Crippen LogP contribution in [0.2, 0.25) is 0 Å². The number of amides is 3. The zero-order valence-corrected chi connectivity index (χ0v) is 19.1. The van der Waals surface area contributed by atoms with E-state index in [2.05, 4.69) is 29.4 Å². The Labute approximate surface area is 191 Å². The van der Waals surface area contributed by atoms with Gasteiger partial charge in [-0.1, -0.05) is 19.9 Å². The van der Waals surface area contributed by atoms with E-state index in [1.165, 1.54) is 18.2 Å². The predicted octanol–water partition coefficient (Wildman–Crippen LogP) is 3.48. The van der Waals surface area contributed by atoms with Crippen molar-refractivity contribution in [2.24, 2.45) is 11.1 Å². The lowest BCUT2D eigenvalue weighted by Gasteiger charge is -2.41. The lowest BCUT2D eigenvalue weighted by molar-refractivity contribution is -0.132. The van der Waals surface area contributed by atoms with E-state index in [1.807, 2.05) is 6.92 Å². The number of likely N-dealkylation sites (N-methyl/N-ethyl adjacent to an activating group) is 1. The first-order valence-electron chi connectivity index (χ1n) is 11.3. The molecule has 0 spiro atoms. The van der Waals surface area contributed by atoms with Crippen molar-refractivity contribution in [3.05, 3.63) is 47.2 Å². The third-order valence-corrected chi connectivity index (χ3v) is 7.67. The summed E-state index contributed by atoms with van der Waals surface area (Å²) in [6, 6.07) is 4.85. The Hall–Kier alpha value is -3.10. The number of carbonyl (C=O) groups excluding carboxylic acids is 2. The van der Waals surface area contributed by atoms with Gasteiger partial charge in [0.2, 0.25) is 5.91 Å². The van der Waals surface area contributed by atoms with Crippen molar-refractivity contribution < 1.29 is 18.4 Å². The first-order chi connectivity index (χ1) is 15.6. The van der Waals surface area contributed by atoms with Crippen LogP contribution in [0.4, 0.5) is 13.6 Å². The predicted molar refractivity (Wildman–Crippen MR) is 119 cm³/mol. The second-order valence-electron chi connectivity index (χ2n) is 9.47. The molecule has 0 aliphatic heterocycles. The Morgan fingerprint density at radius 1 is 1.24 bits per heavy atom. The fourth-order valence-electron chi connectivity index (χ4n) is 5.79. The molecule has 1 heterocycles. The molecule has 2 aromatic rings. The summed E-state index contributed by atoms with van der Waals surface area (Å²) >= 11 is 0. The number of aromatic nitrogens is 2. The van der Waals surface area contributed by atoms with Crippen LogP contribution in [0.25, 0.3) is 11.3 Å². The van der Waals surface area contributed by atoms with Crippen LogP contribution in [0.1, 0.15) is 57.2 Å². The average molecular weight is 458 g/mol. The van der Waals surface area contributed by atoms with Gasteiger partial charge in [-0.3, -0.25) is 4.79 Å². The third kappa shape index (κ3) is 3.63. The van der Waals surface area contributed by atoms with Crippen LogP contribution in [0, 0.1) is 17.0 Å². The Kier molecular flexibility index (Phi) is 5.84. The molecule has 2 bridgehead atoms. The van der Waals surface area contributed by atoms with Crippen molar-refractivity contribution in [1.29, 1.82) is 0 Å². The number of hydrogen-bond acceptors (Lipinski definition) is 4. The second kappa shape index (κ2) is 8.35. The largest absolute Gasteiger partial charge is 0.352 e. The first-order valence-corrected chi connectivity index (χ1v) is 11.3. The summed E-state index contributed by atoms with van der Waals surface area (Å²) < 4.78 is 28.8. The van der Waals surface area contributed by atoms with E-state index < -0.39 is 23.1 Å². The average Bonchev–Trinajstić information content (AvgIpc) is 3.11. The van der Waals surface area contributed by atoms with Gasteiger partial charge in [-0.2, -0.15) is 10.2 Å². The number of nitrogens with two attached hydrogens (primary N) is 1. The monoisotopic (exact) mass is 457 g/mol. The molecule has 0 unspecified atom stereocenters. The van der Waals surface area contributed by atoms with Gasteiger partial charge < -0.3 is 16.0 Å². The highest BCUT2D eigenvalue weighted by molar-refractivity contribution is 5.78. The van der Waals surface area contributed by atoms with Crippen molar-refractivity contribution in [3.8, 4) is 11.3 Å². The smallest absolute Gasteiger partial charge is 0.312 e. The van der Waals surface area contributed by atoms with Crippen molar-refractivity contribution >= 4 is 11.9 Å². The summed E-state index contributed by atoms with van der Waals surface area (Å²) in [5, 5.41) is 11.2. The second-order valence-corrected chi connectivity index (χ2v) is 9.47. The van der Waals surface area contributed by atoms with E-state index in [-0.39, 0.29) is 41.5 Å². The number of nitrogens with one attached hydrogen (secondary N) is 1. The number of nitrogens with zero attached hydrogens (tertiary/aromatic N) is 3. The molecule has 2 aliphatic carbocycles. The molecule has 9 heteroatoms. The van der Waals surface area contributed by atoms with Gasteiger partial charge in [-0.25, -0.2) is 13.6 Å². The lowest BCUT2D eigenvalue weighted by Crippen LogP contribution is -2.49. The van der Waals surface area contributed by atoms with E-state index in [0.717, 1.165) is 24.1 Å². The maximum absolute atomic E-state index is 14.4. The Balaban J connectivity index is 1.68. The molecule has 33 heavy (non-hydrogen) atoms. The molecule has 3 amide bonds. The van der Waals surface area contributed by atoms with Crippen molar-refractivity contribution in [2.75, 3.05) is 19.6 Å². The highest BCUT2D eigenvalue weighted by Crippen LogP contribution is 2.67. The van der Waals surface area contributed by atoms with Gasteiger partial charge in [-0.05, 0) is 54.9 Å². The zero-order valence-electron chi connectivity index (χ0n) is 19.1. The molecule has 0 radical (unpaired) electrons. The minimum Gasteiger partial charge on any atom is -0.352 e. The number of carbonyl (C=O) groups is 2. The summed E-state index contributed by atoms with van der Waals surface area (Å²) in [6.45, 7) is 7.42. The van der Waals surface area contributed by atoms with Crippen LogP contribution < -0.4 is 11.1 Å². The van der Waals surface area contributed by atoms with Crippen LogP contribution in [-0.4, -0.2) is 46.7 Å². The van der Waals surface area contributed by atoms with Gasteiger partial charge >= 0.3 is 6.03 Å². The standard InChI is InChI=1S/C24H29F2N5O2/c1-4-31(19(32)9-11-28-22(27)33)13-24-10-8-15(23(24,2)3)14-12-18(29-30-21(14)24)20-16(25)6-5-7-17(20)26/h5-7,12,15H,4,8-11,13H2,1-3H3,(H3,27,28,33)/t15-,24-/m1/s1. The molecular formula is C24H29F2N5O2. The Morgan fingerprint density at radius 2 is 1.94 bits per heavy atom. The number of benzene rings is 1. The highest BCUT2D eigenvalue weighted by Gasteiger charge is 2.63. The van der Waals surface area contributed by atoms with Gasteiger partial charge in [0, 0.05) is 31.5 Å². The number of halogens is 2. The number of hydrogen-bond donors (Lipinski definition) is 2. The summed E-state index contributed by atoms with van der Waals surface area (Å²) in [4.78, 5) is 25.6. The molecule has 176 valence electrons. The van der Waals surface area contributed by atoms with E-state index in [0.29, 0.717) is 13.1 Å². The molecule has 2 aliphatic rings. The number of urea groups is 1. The van der Waals surface area contributed by atoms with Gasteiger partial charge in [0.15, 0.2) is 0 Å². The molecule has 3 N–H and O–H groups in total. The molecule has 4 rings (SSSR count). The highest BCUT2D eigenvalue weighted by atomic mass is 19.1. The summed E-state index contributed by atoms with van der Waals surface area (Å²) in [7, 11) is 0. The fraction of sp³-hybridized carbons (Fsp3) is 0.500. The van der Waals surface area contributed by atoms with E-state index >= 15 is 0 Å². The lowest BCUT2D eigenvalue weighted by atomic mass is 9.68. The maximum Gasteiger partial charge on any atom is 0.312 e. The van der Waals surface area contributed by atoms with Gasteiger partial charge in [0.1, 0.15) is 11.6 Å². The van der Waals surface area contributed by atoms with Crippen LogP contribution in [0.15, 0.2) is 24.3 Å². The van der Waals surface area contributed by atoms with Crippen LogP contribution >= 0.6 is 0 Å². The Morgan fingerprint density at radius 3 is 2.58 bits per heavy atom. The number of rotatable bonds is 7. The van der Waals surface area contributed by atoms with Gasteiger partial charge in [0.05, 0.1) is 17.0 Å². The van der Waals surface area contributed by atoms with E-state index in [4.69, 9.17) is 5.73 Å². The van der Waals surface area contributed by atoms with Crippen LogP contribution in [-0.2, 0) is 10.2 Å². The SMILES string of the molecule is CCN(C[C@]12CC[C@H](c3cc(-c4c(F)cccc4F)nnc31)C2(C)C)C(=O)CCNC(N)=O. The molecule has 1 saturated carbocycles. The molecule has 1 fully saturated rings. The molecule has 0 saturated heterocycles. The third-order valence-electron chi connectivity index (χ3n) is 7.67. The van der Waals surface area contributed by atoms with Crippen LogP contribution in [0.3, 0.4) is 0 Å². The first kappa shape index (κ1) is 23.1. The molecule has 1 aromatic carbocycles. The zero-order chi connectivity index (χ0) is 24.0. The topological polar surface area (TPSA) is 101 Å². The molecule has 7 nitrogen and oxygen atoms in total. The van der Waals surface area contributed by atoms with Gasteiger partial charge in [-0.15, -0.1) is 0 Å². The fourth-order valence-corrected chi connectivity index (χ4v) is 5.79. The normalized spacial score (nSPS) is 22.2. The number of fused-ring (bicyclic) bond motifs is 5. The molecular weight excluding hydrogens is 428 g/mol.